The minimum atomic E-state index is -5.03. The van der Waals surface area contributed by atoms with Gasteiger partial charge in [0.15, 0.2) is 0 Å². The first-order valence-corrected chi connectivity index (χ1v) is 11.1. The van der Waals surface area contributed by atoms with Crippen LogP contribution < -0.4 is 0 Å². The molecule has 2 aliphatic rings. The first-order valence-electron chi connectivity index (χ1n) is 11.1. The Morgan fingerprint density at radius 1 is 0.935 bits per heavy atom. The highest BCUT2D eigenvalue weighted by molar-refractivity contribution is 5.46. The van der Waals surface area contributed by atoms with Crippen molar-refractivity contribution in [3.8, 4) is 0 Å². The van der Waals surface area contributed by atoms with Crippen LogP contribution in [0.3, 0.4) is 0 Å². The van der Waals surface area contributed by atoms with Crippen molar-refractivity contribution >= 4 is 0 Å². The van der Waals surface area contributed by atoms with E-state index in [1.807, 2.05) is 0 Å². The van der Waals surface area contributed by atoms with Crippen molar-refractivity contribution in [2.24, 2.45) is 5.92 Å². The van der Waals surface area contributed by atoms with Crippen molar-refractivity contribution in [3.05, 3.63) is 81.4 Å². The van der Waals surface area contributed by atoms with E-state index in [1.54, 1.807) is 0 Å². The van der Waals surface area contributed by atoms with Crippen LogP contribution in [-0.2, 0) is 31.9 Å². The highest BCUT2D eigenvalue weighted by Crippen LogP contribution is 2.40. The summed E-state index contributed by atoms with van der Waals surface area (Å²) in [6.07, 6.45) is 7.15. The van der Waals surface area contributed by atoms with Gasteiger partial charge in [0, 0.05) is 0 Å². The summed E-state index contributed by atoms with van der Waals surface area (Å²) >= 11 is 0. The van der Waals surface area contributed by atoms with E-state index in [1.165, 1.54) is 16.7 Å². The zero-order valence-electron chi connectivity index (χ0n) is 17.7. The zero-order chi connectivity index (χ0) is 22.2. The van der Waals surface area contributed by atoms with Crippen molar-refractivity contribution in [1.82, 2.24) is 0 Å². The maximum absolute atomic E-state index is 14.1. The summed E-state index contributed by atoms with van der Waals surface area (Å²) in [6, 6.07) is 6.01. The average Bonchev–Trinajstić information content (AvgIpc) is 2.71. The van der Waals surface area contributed by atoms with Gasteiger partial charge in [0.1, 0.15) is 17.2 Å². The van der Waals surface area contributed by atoms with Gasteiger partial charge in [-0.2, -0.15) is 13.2 Å². The number of hydrogen-bond acceptors (Lipinski definition) is 0. The monoisotopic (exact) mass is 434 g/mol. The van der Waals surface area contributed by atoms with Crippen molar-refractivity contribution in [1.29, 1.82) is 0 Å². The Labute approximate surface area is 180 Å². The first-order chi connectivity index (χ1) is 14.8. The van der Waals surface area contributed by atoms with Crippen LogP contribution in [0.25, 0.3) is 0 Å². The summed E-state index contributed by atoms with van der Waals surface area (Å²) in [5.41, 5.74) is 3.83. The van der Waals surface area contributed by atoms with Gasteiger partial charge in [-0.05, 0) is 96.7 Å². The van der Waals surface area contributed by atoms with E-state index in [-0.39, 0.29) is 5.92 Å². The van der Waals surface area contributed by atoms with Gasteiger partial charge in [-0.3, -0.25) is 0 Å². The van der Waals surface area contributed by atoms with Gasteiger partial charge < -0.3 is 0 Å². The van der Waals surface area contributed by atoms with Crippen molar-refractivity contribution in [2.75, 3.05) is 0 Å². The van der Waals surface area contributed by atoms with Gasteiger partial charge in [-0.25, -0.2) is 8.78 Å². The SMILES string of the molecule is CCC/C=C/C1CCc2c(ccc3c2CCC(c2cc(F)c(C(F)(F)F)c(F)c2)C3)C1. The van der Waals surface area contributed by atoms with Crippen LogP contribution in [0.5, 0.6) is 0 Å². The minimum absolute atomic E-state index is 0.176. The van der Waals surface area contributed by atoms with Gasteiger partial charge >= 0.3 is 6.18 Å². The molecule has 0 radical (unpaired) electrons. The standard InChI is InChI=1S/C26H27F5/c1-2-3-4-5-16-6-10-21-18(12-16)7-8-19-13-17(9-11-22(19)21)20-14-23(27)25(24(28)15-20)26(29,30)31/h4-5,7-8,14-17H,2-3,6,9-13H2,1H3/b5-4+. The molecule has 2 aromatic carbocycles. The second kappa shape index (κ2) is 8.76. The highest BCUT2D eigenvalue weighted by Gasteiger charge is 2.38. The number of halogens is 5. The van der Waals surface area contributed by atoms with E-state index < -0.39 is 23.4 Å². The number of fused-ring (bicyclic) bond motifs is 3. The predicted octanol–water partition coefficient (Wildman–Crippen LogP) is 7.72. The Kier molecular flexibility index (Phi) is 6.23. The smallest absolute Gasteiger partial charge is 0.206 e. The van der Waals surface area contributed by atoms with E-state index in [0.29, 0.717) is 24.3 Å². The molecule has 0 saturated heterocycles. The van der Waals surface area contributed by atoms with Crippen LogP contribution in [0.15, 0.2) is 36.4 Å². The third kappa shape index (κ3) is 4.56. The summed E-state index contributed by atoms with van der Waals surface area (Å²) in [6.45, 7) is 2.17. The van der Waals surface area contributed by atoms with Crippen LogP contribution >= 0.6 is 0 Å². The Hall–Kier alpha value is -2.17. The number of alkyl halides is 3. The molecule has 2 aliphatic carbocycles. The lowest BCUT2D eigenvalue weighted by atomic mass is 9.73. The predicted molar refractivity (Wildman–Crippen MR) is 112 cm³/mol. The fourth-order valence-corrected chi connectivity index (χ4v) is 5.20. The summed E-state index contributed by atoms with van der Waals surface area (Å²) in [4.78, 5) is 0. The van der Waals surface area contributed by atoms with E-state index in [0.717, 1.165) is 56.2 Å². The molecule has 0 N–H and O–H groups in total. The lowest BCUT2D eigenvalue weighted by Crippen LogP contribution is -2.20. The highest BCUT2D eigenvalue weighted by atomic mass is 19.4. The molecule has 0 heterocycles. The molecule has 0 saturated carbocycles. The topological polar surface area (TPSA) is 0 Å². The Bertz CT molecular complexity index is 963. The summed E-state index contributed by atoms with van der Waals surface area (Å²) in [5.74, 6) is -2.65. The van der Waals surface area contributed by atoms with Gasteiger partial charge in [-0.15, -0.1) is 0 Å². The molecule has 0 fully saturated rings. The number of rotatable bonds is 4. The maximum Gasteiger partial charge on any atom is 0.422 e. The second-order valence-electron chi connectivity index (χ2n) is 8.86. The second-order valence-corrected chi connectivity index (χ2v) is 8.86. The molecule has 5 heteroatoms. The summed E-state index contributed by atoms with van der Waals surface area (Å²) in [7, 11) is 0. The van der Waals surface area contributed by atoms with Crippen molar-refractivity contribution in [2.45, 2.75) is 70.4 Å². The summed E-state index contributed by atoms with van der Waals surface area (Å²) < 4.78 is 66.7. The maximum atomic E-state index is 14.1. The molecule has 0 nitrogen and oxygen atoms in total. The van der Waals surface area contributed by atoms with E-state index >= 15 is 0 Å². The van der Waals surface area contributed by atoms with E-state index in [4.69, 9.17) is 0 Å². The molecule has 2 atom stereocenters. The molecule has 0 spiro atoms. The quantitative estimate of drug-likeness (QED) is 0.341. The largest absolute Gasteiger partial charge is 0.422 e. The van der Waals surface area contributed by atoms with Crippen LogP contribution in [0.1, 0.15) is 71.9 Å². The number of hydrogen-bond donors (Lipinski definition) is 0. The fourth-order valence-electron chi connectivity index (χ4n) is 5.20. The van der Waals surface area contributed by atoms with Crippen LogP contribution in [0.2, 0.25) is 0 Å². The van der Waals surface area contributed by atoms with Gasteiger partial charge in [-0.1, -0.05) is 37.6 Å². The fraction of sp³-hybridized carbons (Fsp3) is 0.462. The third-order valence-corrected chi connectivity index (χ3v) is 6.76. The Morgan fingerprint density at radius 2 is 1.55 bits per heavy atom. The molecule has 0 aromatic heterocycles. The lowest BCUT2D eigenvalue weighted by Gasteiger charge is -2.31. The molecule has 2 unspecified atom stereocenters. The first kappa shape index (κ1) is 22.0. The molecule has 0 bridgehead atoms. The molecule has 0 aliphatic heterocycles. The molecule has 4 rings (SSSR count). The lowest BCUT2D eigenvalue weighted by molar-refractivity contribution is -0.142. The van der Waals surface area contributed by atoms with Gasteiger partial charge in [0.2, 0.25) is 0 Å². The minimum Gasteiger partial charge on any atom is -0.206 e. The summed E-state index contributed by atoms with van der Waals surface area (Å²) in [5, 5.41) is 0. The van der Waals surface area contributed by atoms with Crippen LogP contribution in [0.4, 0.5) is 22.0 Å². The van der Waals surface area contributed by atoms with Crippen LogP contribution in [0, 0.1) is 17.6 Å². The van der Waals surface area contributed by atoms with Gasteiger partial charge in [0.05, 0.1) is 0 Å². The third-order valence-electron chi connectivity index (χ3n) is 6.76. The zero-order valence-corrected chi connectivity index (χ0v) is 17.7. The van der Waals surface area contributed by atoms with E-state index in [2.05, 4.69) is 31.2 Å². The molecule has 0 amide bonds. The van der Waals surface area contributed by atoms with E-state index in [9.17, 15) is 22.0 Å². The number of unbranched alkanes of at least 4 members (excludes halogenated alkanes) is 1. The Balaban J connectivity index is 1.55. The van der Waals surface area contributed by atoms with Crippen molar-refractivity contribution in [3.63, 3.8) is 0 Å². The molecular formula is C26H27F5. The molecular weight excluding hydrogens is 407 g/mol. The normalized spacial score (nSPS) is 21.2. The molecule has 31 heavy (non-hydrogen) atoms. The molecule has 166 valence electrons. The number of benzene rings is 2. The number of allylic oxidation sites excluding steroid dienone is 2. The Morgan fingerprint density at radius 3 is 2.16 bits per heavy atom. The average molecular weight is 434 g/mol. The van der Waals surface area contributed by atoms with Gasteiger partial charge in [0.25, 0.3) is 0 Å². The van der Waals surface area contributed by atoms with Crippen LogP contribution in [-0.4, -0.2) is 0 Å². The van der Waals surface area contributed by atoms with Crippen molar-refractivity contribution < 1.29 is 22.0 Å². The molecule has 2 aromatic rings.